The minimum atomic E-state index is -3.38. The van der Waals surface area contributed by atoms with Gasteiger partial charge in [0, 0.05) is 14.1 Å². The molecule has 0 saturated carbocycles. The first-order valence-electron chi connectivity index (χ1n) is 9.98. The van der Waals surface area contributed by atoms with Crippen LogP contribution < -0.4 is 4.57 Å². The van der Waals surface area contributed by atoms with E-state index in [1.807, 2.05) is 10.8 Å². The molecule has 25 heavy (non-hydrogen) atoms. The lowest BCUT2D eigenvalue weighted by Gasteiger charge is -2.05. The van der Waals surface area contributed by atoms with Gasteiger partial charge in [0.05, 0.1) is 6.54 Å². The van der Waals surface area contributed by atoms with Crippen molar-refractivity contribution in [2.24, 2.45) is 0 Å². The molecule has 0 unspecified atom stereocenters. The Morgan fingerprint density at radius 2 is 1.32 bits per heavy atom. The van der Waals surface area contributed by atoms with Crippen molar-refractivity contribution in [2.45, 2.75) is 90.5 Å². The second-order valence-electron chi connectivity index (χ2n) is 7.16. The van der Waals surface area contributed by atoms with E-state index in [1.54, 1.807) is 26.6 Å². The molecule has 5 nitrogen and oxygen atoms in total. The van der Waals surface area contributed by atoms with Gasteiger partial charge in [-0.2, -0.15) is 12.7 Å². The Balaban J connectivity index is 2.03. The van der Waals surface area contributed by atoms with Gasteiger partial charge in [-0.05, 0) is 12.8 Å². The molecule has 1 rings (SSSR count). The van der Waals surface area contributed by atoms with E-state index in [2.05, 4.69) is 6.92 Å². The highest BCUT2D eigenvalue weighted by atomic mass is 32.2. The lowest BCUT2D eigenvalue weighted by Crippen LogP contribution is -2.33. The number of hydrogen-bond donors (Lipinski definition) is 0. The molecule has 0 radical (unpaired) electrons. The summed E-state index contributed by atoms with van der Waals surface area (Å²) in [5.74, 6) is 0. The molecule has 0 bridgehead atoms. The Labute approximate surface area is 155 Å². The molecule has 0 amide bonds. The van der Waals surface area contributed by atoms with Crippen molar-refractivity contribution in [3.8, 4) is 0 Å². The van der Waals surface area contributed by atoms with Crippen molar-refractivity contribution in [2.75, 3.05) is 14.1 Å². The molecule has 1 aromatic rings. The minimum Gasteiger partial charge on any atom is -0.236 e. The summed E-state index contributed by atoms with van der Waals surface area (Å²) in [6.45, 7) is 3.15. The van der Waals surface area contributed by atoms with E-state index in [0.717, 1.165) is 13.0 Å². The fourth-order valence-corrected chi connectivity index (χ4v) is 3.79. The quantitative estimate of drug-likeness (QED) is 0.343. The average Bonchev–Trinajstić information content (AvgIpc) is 3.05. The van der Waals surface area contributed by atoms with E-state index in [1.165, 1.54) is 78.9 Å². The number of nitrogens with zero attached hydrogens (tertiary/aromatic N) is 3. The monoisotopic (exact) mass is 372 g/mol. The van der Waals surface area contributed by atoms with Gasteiger partial charge in [-0.25, -0.2) is 4.57 Å². The number of hydrogen-bond acceptors (Lipinski definition) is 2. The zero-order valence-corrected chi connectivity index (χ0v) is 17.3. The summed E-state index contributed by atoms with van der Waals surface area (Å²) in [6, 6.07) is 0. The van der Waals surface area contributed by atoms with E-state index in [-0.39, 0.29) is 0 Å². The molecule has 0 aliphatic heterocycles. The third-order valence-corrected chi connectivity index (χ3v) is 6.34. The third kappa shape index (κ3) is 8.86. The summed E-state index contributed by atoms with van der Waals surface area (Å²) in [6.07, 6.45) is 21.1. The van der Waals surface area contributed by atoms with E-state index in [9.17, 15) is 8.42 Å². The van der Waals surface area contributed by atoms with Crippen LogP contribution in [0.4, 0.5) is 0 Å². The second kappa shape index (κ2) is 12.5. The number of aromatic nitrogens is 2. The SMILES string of the molecule is CCCCCCCCCCCCCC[n+]1ccn(S(=O)(=O)N(C)C)c1. The van der Waals surface area contributed by atoms with Gasteiger partial charge in [-0.15, -0.1) is 3.97 Å². The van der Waals surface area contributed by atoms with Crippen LogP contribution in [0.3, 0.4) is 0 Å². The van der Waals surface area contributed by atoms with E-state index in [0.29, 0.717) is 0 Å². The largest absolute Gasteiger partial charge is 0.379 e. The first-order chi connectivity index (χ1) is 12.0. The van der Waals surface area contributed by atoms with Gasteiger partial charge in [0.15, 0.2) is 0 Å². The zero-order chi connectivity index (χ0) is 18.5. The van der Waals surface area contributed by atoms with Crippen LogP contribution in [0.1, 0.15) is 84.0 Å². The van der Waals surface area contributed by atoms with Crippen molar-refractivity contribution in [3.05, 3.63) is 18.7 Å². The molecule has 6 heteroatoms. The van der Waals surface area contributed by atoms with E-state index >= 15 is 0 Å². The topological polar surface area (TPSA) is 46.2 Å². The maximum atomic E-state index is 12.0. The Bertz CT molecular complexity index is 553. The van der Waals surface area contributed by atoms with Crippen LogP contribution in [-0.4, -0.2) is 30.8 Å². The summed E-state index contributed by atoms with van der Waals surface area (Å²) in [5.41, 5.74) is 0. The second-order valence-corrected chi connectivity index (χ2v) is 9.21. The van der Waals surface area contributed by atoms with Crippen LogP contribution in [0.5, 0.6) is 0 Å². The Hall–Kier alpha value is -0.880. The zero-order valence-electron chi connectivity index (χ0n) is 16.5. The molecule has 0 atom stereocenters. The Morgan fingerprint density at radius 3 is 1.80 bits per heavy atom. The van der Waals surface area contributed by atoms with Crippen LogP contribution in [0.2, 0.25) is 0 Å². The van der Waals surface area contributed by atoms with Gasteiger partial charge in [0.1, 0.15) is 12.4 Å². The van der Waals surface area contributed by atoms with Crippen molar-refractivity contribution in [3.63, 3.8) is 0 Å². The molecular weight excluding hydrogens is 334 g/mol. The fourth-order valence-electron chi connectivity index (χ4n) is 2.97. The minimum absolute atomic E-state index is 0.882. The summed E-state index contributed by atoms with van der Waals surface area (Å²) in [4.78, 5) is 0. The van der Waals surface area contributed by atoms with Gasteiger partial charge in [0.2, 0.25) is 0 Å². The third-order valence-electron chi connectivity index (χ3n) is 4.66. The Morgan fingerprint density at radius 1 is 0.840 bits per heavy atom. The highest BCUT2D eigenvalue weighted by molar-refractivity contribution is 7.87. The Kier molecular flexibility index (Phi) is 11.1. The summed E-state index contributed by atoms with van der Waals surface area (Å²) in [5, 5.41) is 0. The molecule has 0 fully saturated rings. The molecule has 1 aromatic heterocycles. The number of imidazole rings is 1. The molecule has 1 heterocycles. The standard InChI is InChI=1S/C19H38N3O2S/c1-4-5-6-7-8-9-10-11-12-13-14-15-16-21-17-18-22(19-21)25(23,24)20(2)3/h17-19H,4-16H2,1-3H3/q+1. The summed E-state index contributed by atoms with van der Waals surface area (Å²) < 4.78 is 28.4. The number of aryl methyl sites for hydroxylation is 1. The van der Waals surface area contributed by atoms with Crippen LogP contribution in [0.15, 0.2) is 18.7 Å². The lowest BCUT2D eigenvalue weighted by atomic mass is 10.1. The highest BCUT2D eigenvalue weighted by Crippen LogP contribution is 2.11. The number of unbranched alkanes of at least 4 members (excludes halogenated alkanes) is 11. The normalized spacial score (nSPS) is 12.2. The summed E-state index contributed by atoms with van der Waals surface area (Å²) in [7, 11) is -0.290. The first-order valence-corrected chi connectivity index (χ1v) is 11.4. The van der Waals surface area contributed by atoms with Gasteiger partial charge in [-0.3, -0.25) is 0 Å². The predicted molar refractivity (Wildman–Crippen MR) is 104 cm³/mol. The molecule has 0 saturated heterocycles. The van der Waals surface area contributed by atoms with Gasteiger partial charge < -0.3 is 0 Å². The van der Waals surface area contributed by atoms with E-state index < -0.39 is 10.2 Å². The van der Waals surface area contributed by atoms with Gasteiger partial charge in [-0.1, -0.05) is 71.1 Å². The maximum Gasteiger partial charge on any atom is 0.379 e. The van der Waals surface area contributed by atoms with Crippen molar-refractivity contribution < 1.29 is 13.0 Å². The van der Waals surface area contributed by atoms with Gasteiger partial charge in [0.25, 0.3) is 6.33 Å². The highest BCUT2D eigenvalue weighted by Gasteiger charge is 2.22. The molecule has 0 aliphatic rings. The van der Waals surface area contributed by atoms with Gasteiger partial charge >= 0.3 is 10.2 Å². The lowest BCUT2D eigenvalue weighted by molar-refractivity contribution is -0.696. The summed E-state index contributed by atoms with van der Waals surface area (Å²) >= 11 is 0. The predicted octanol–water partition coefficient (Wildman–Crippen LogP) is 4.13. The van der Waals surface area contributed by atoms with Crippen LogP contribution in [-0.2, 0) is 16.8 Å². The first kappa shape index (κ1) is 22.2. The smallest absolute Gasteiger partial charge is 0.236 e. The molecule has 0 aliphatic carbocycles. The molecular formula is C19H38N3O2S+. The number of rotatable bonds is 15. The van der Waals surface area contributed by atoms with Crippen molar-refractivity contribution >= 4 is 10.2 Å². The molecule has 0 N–H and O–H groups in total. The van der Waals surface area contributed by atoms with E-state index in [4.69, 9.17) is 0 Å². The molecule has 0 spiro atoms. The van der Waals surface area contributed by atoms with Crippen molar-refractivity contribution in [1.82, 2.24) is 8.28 Å². The van der Waals surface area contributed by atoms with Crippen LogP contribution in [0, 0.1) is 0 Å². The van der Waals surface area contributed by atoms with Crippen LogP contribution in [0.25, 0.3) is 0 Å². The molecule has 0 aromatic carbocycles. The maximum absolute atomic E-state index is 12.0. The van der Waals surface area contributed by atoms with Crippen LogP contribution >= 0.6 is 0 Å². The average molecular weight is 373 g/mol. The fraction of sp³-hybridized carbons (Fsp3) is 0.842. The van der Waals surface area contributed by atoms with Crippen molar-refractivity contribution in [1.29, 1.82) is 0 Å². The molecule has 146 valence electrons.